The number of hydrogen-bond donors (Lipinski definition) is 2. The van der Waals surface area contributed by atoms with Gasteiger partial charge >= 0.3 is 5.63 Å². The van der Waals surface area contributed by atoms with Gasteiger partial charge in [0.05, 0.1) is 32.1 Å². The Balaban J connectivity index is 1.66. The van der Waals surface area contributed by atoms with E-state index in [0.29, 0.717) is 36.1 Å². The molecule has 0 fully saturated rings. The summed E-state index contributed by atoms with van der Waals surface area (Å²) in [7, 11) is 2.98. The Kier molecular flexibility index (Phi) is 12.0. The SMILES string of the molecule is CCCCOCCOc1cccc(OC)c1-c1cc(C(=O)Nc2nnc(-n3nccc3NC(C)=O)s2)oc(=O)c1OCCOC. The van der Waals surface area contributed by atoms with Gasteiger partial charge in [-0.2, -0.15) is 9.78 Å². The molecule has 0 unspecified atom stereocenters. The zero-order chi connectivity index (χ0) is 32.2. The van der Waals surface area contributed by atoms with E-state index in [-0.39, 0.29) is 53.1 Å². The molecule has 15 nitrogen and oxygen atoms in total. The second-order valence-corrected chi connectivity index (χ2v) is 10.2. The van der Waals surface area contributed by atoms with Crippen molar-refractivity contribution in [3.8, 4) is 33.5 Å². The molecule has 0 aliphatic carbocycles. The Bertz CT molecular complexity index is 1650. The lowest BCUT2D eigenvalue weighted by atomic mass is 10.0. The lowest BCUT2D eigenvalue weighted by Gasteiger charge is -2.18. The highest BCUT2D eigenvalue weighted by Crippen LogP contribution is 2.42. The monoisotopic (exact) mass is 642 g/mol. The number of hydrogen-bond acceptors (Lipinski definition) is 13. The molecule has 1 aromatic carbocycles. The number of nitrogens with one attached hydrogen (secondary N) is 2. The third-order valence-corrected chi connectivity index (χ3v) is 6.85. The van der Waals surface area contributed by atoms with Crippen LogP contribution >= 0.6 is 11.3 Å². The summed E-state index contributed by atoms with van der Waals surface area (Å²) in [5, 5.41) is 17.7. The molecule has 4 aromatic rings. The van der Waals surface area contributed by atoms with Gasteiger partial charge in [0.25, 0.3) is 5.91 Å². The maximum atomic E-state index is 13.3. The standard InChI is InChI=1S/C29H34N6O9S/c1-5-6-12-41-14-16-42-21-9-7-8-20(40-4)24(21)19-17-22(44-27(38)25(19)43-15-13-39-3)26(37)32-28-33-34-29(45-28)35-23(10-11-30-35)31-18(2)36/h7-11,17H,5-6,12-16H2,1-4H3,(H,31,36)(H,32,33,37). The molecule has 240 valence electrons. The minimum Gasteiger partial charge on any atom is -0.496 e. The first-order chi connectivity index (χ1) is 21.9. The van der Waals surface area contributed by atoms with Crippen molar-refractivity contribution < 1.29 is 37.7 Å². The van der Waals surface area contributed by atoms with Gasteiger partial charge in [-0.1, -0.05) is 30.7 Å². The van der Waals surface area contributed by atoms with Crippen molar-refractivity contribution in [3.63, 3.8) is 0 Å². The van der Waals surface area contributed by atoms with Crippen molar-refractivity contribution >= 4 is 34.1 Å². The summed E-state index contributed by atoms with van der Waals surface area (Å²) < 4.78 is 34.8. The van der Waals surface area contributed by atoms with Crippen molar-refractivity contribution in [2.45, 2.75) is 26.7 Å². The number of carbonyl (C=O) groups excluding carboxylic acids is 2. The number of aromatic nitrogens is 4. The van der Waals surface area contributed by atoms with Crippen molar-refractivity contribution in [1.29, 1.82) is 0 Å². The van der Waals surface area contributed by atoms with Crippen LogP contribution in [0.25, 0.3) is 16.3 Å². The van der Waals surface area contributed by atoms with E-state index in [0.717, 1.165) is 24.2 Å². The van der Waals surface area contributed by atoms with E-state index >= 15 is 0 Å². The van der Waals surface area contributed by atoms with Gasteiger partial charge in [-0.3, -0.25) is 14.9 Å². The molecular weight excluding hydrogens is 608 g/mol. The number of methoxy groups -OCH3 is 2. The summed E-state index contributed by atoms with van der Waals surface area (Å²) in [6, 6.07) is 8.10. The zero-order valence-corrected chi connectivity index (χ0v) is 26.1. The molecule has 2 amide bonds. The second-order valence-electron chi connectivity index (χ2n) is 9.28. The molecule has 3 heterocycles. The normalized spacial score (nSPS) is 10.8. The molecule has 16 heteroatoms. The topological polar surface area (TPSA) is 178 Å². The lowest BCUT2D eigenvalue weighted by molar-refractivity contribution is -0.114. The second kappa shape index (κ2) is 16.3. The summed E-state index contributed by atoms with van der Waals surface area (Å²) >= 11 is 0.986. The fraction of sp³-hybridized carbons (Fsp3) is 0.379. The van der Waals surface area contributed by atoms with Gasteiger partial charge in [0.1, 0.15) is 30.5 Å². The van der Waals surface area contributed by atoms with E-state index in [1.165, 1.54) is 38.1 Å². The third kappa shape index (κ3) is 8.65. The van der Waals surface area contributed by atoms with Gasteiger partial charge in [0, 0.05) is 32.3 Å². The van der Waals surface area contributed by atoms with E-state index in [2.05, 4.69) is 32.9 Å². The predicted octanol–water partition coefficient (Wildman–Crippen LogP) is 3.78. The van der Waals surface area contributed by atoms with Crippen LogP contribution in [-0.4, -0.2) is 79.0 Å². The van der Waals surface area contributed by atoms with Crippen LogP contribution in [-0.2, 0) is 14.3 Å². The minimum absolute atomic E-state index is 0.0396. The van der Waals surface area contributed by atoms with Crippen LogP contribution in [0.4, 0.5) is 10.9 Å². The molecule has 0 saturated heterocycles. The number of rotatable bonds is 17. The predicted molar refractivity (Wildman–Crippen MR) is 165 cm³/mol. The number of nitrogens with zero attached hydrogens (tertiary/aromatic N) is 4. The maximum Gasteiger partial charge on any atom is 0.379 e. The van der Waals surface area contributed by atoms with Gasteiger partial charge in [-0.25, -0.2) is 4.79 Å². The molecule has 0 aliphatic heterocycles. The van der Waals surface area contributed by atoms with Crippen molar-refractivity contribution in [2.75, 3.05) is 57.9 Å². The fourth-order valence-corrected chi connectivity index (χ4v) is 4.72. The van der Waals surface area contributed by atoms with Crippen LogP contribution in [0.1, 0.15) is 37.2 Å². The summed E-state index contributed by atoms with van der Waals surface area (Å²) in [6.45, 7) is 4.89. The molecule has 0 atom stereocenters. The molecule has 0 spiro atoms. The molecular formula is C29H34N6O9S. The Hall–Kier alpha value is -4.80. The van der Waals surface area contributed by atoms with E-state index in [1.807, 2.05) is 0 Å². The Morgan fingerprint density at radius 3 is 2.56 bits per heavy atom. The van der Waals surface area contributed by atoms with Crippen LogP contribution in [0.15, 0.2) is 45.7 Å². The summed E-state index contributed by atoms with van der Waals surface area (Å²) in [6.07, 6.45) is 3.44. The molecule has 3 aromatic heterocycles. The molecule has 4 rings (SSSR count). The van der Waals surface area contributed by atoms with Gasteiger partial charge in [0.2, 0.25) is 21.9 Å². The lowest BCUT2D eigenvalue weighted by Crippen LogP contribution is -2.18. The van der Waals surface area contributed by atoms with Gasteiger partial charge in [-0.15, -0.1) is 10.2 Å². The summed E-state index contributed by atoms with van der Waals surface area (Å²) in [4.78, 5) is 38.1. The summed E-state index contributed by atoms with van der Waals surface area (Å²) in [5.74, 6) is -0.425. The van der Waals surface area contributed by atoms with Crippen LogP contribution in [0, 0.1) is 0 Å². The Morgan fingerprint density at radius 2 is 1.80 bits per heavy atom. The molecule has 0 aliphatic rings. The quantitative estimate of drug-likeness (QED) is 0.160. The van der Waals surface area contributed by atoms with Crippen molar-refractivity contribution in [1.82, 2.24) is 20.0 Å². The van der Waals surface area contributed by atoms with E-state index in [4.69, 9.17) is 28.1 Å². The molecule has 45 heavy (non-hydrogen) atoms. The highest BCUT2D eigenvalue weighted by Gasteiger charge is 2.25. The van der Waals surface area contributed by atoms with E-state index in [1.54, 1.807) is 24.3 Å². The zero-order valence-electron chi connectivity index (χ0n) is 25.3. The number of amides is 2. The molecule has 2 N–H and O–H groups in total. The number of ether oxygens (including phenoxy) is 5. The van der Waals surface area contributed by atoms with Crippen LogP contribution in [0.2, 0.25) is 0 Å². The largest absolute Gasteiger partial charge is 0.496 e. The number of anilines is 2. The highest BCUT2D eigenvalue weighted by molar-refractivity contribution is 7.17. The smallest absolute Gasteiger partial charge is 0.379 e. The van der Waals surface area contributed by atoms with Crippen LogP contribution in [0.3, 0.4) is 0 Å². The van der Waals surface area contributed by atoms with Crippen LogP contribution < -0.4 is 30.5 Å². The number of unbranched alkanes of at least 4 members (excludes halogenated alkanes) is 1. The van der Waals surface area contributed by atoms with Gasteiger partial charge in [-0.05, 0) is 24.6 Å². The van der Waals surface area contributed by atoms with E-state index < -0.39 is 11.5 Å². The highest BCUT2D eigenvalue weighted by atomic mass is 32.1. The van der Waals surface area contributed by atoms with E-state index in [9.17, 15) is 14.4 Å². The fourth-order valence-electron chi connectivity index (χ4n) is 4.01. The summed E-state index contributed by atoms with van der Waals surface area (Å²) in [5.41, 5.74) is -0.311. The molecule has 0 saturated carbocycles. The molecule has 0 radical (unpaired) electrons. The molecule has 0 bridgehead atoms. The maximum absolute atomic E-state index is 13.3. The number of benzene rings is 1. The van der Waals surface area contributed by atoms with Crippen LogP contribution in [0.5, 0.6) is 17.2 Å². The van der Waals surface area contributed by atoms with Crippen molar-refractivity contribution in [3.05, 3.63) is 52.7 Å². The van der Waals surface area contributed by atoms with Gasteiger partial charge in [0.15, 0.2) is 5.76 Å². The van der Waals surface area contributed by atoms with Gasteiger partial charge < -0.3 is 33.4 Å². The third-order valence-electron chi connectivity index (χ3n) is 6.03. The average molecular weight is 643 g/mol. The Morgan fingerprint density at radius 1 is 1.00 bits per heavy atom. The Labute approximate surface area is 262 Å². The van der Waals surface area contributed by atoms with Crippen molar-refractivity contribution in [2.24, 2.45) is 0 Å². The average Bonchev–Trinajstić information content (AvgIpc) is 3.68. The first kappa shape index (κ1) is 33.1. The first-order valence-electron chi connectivity index (χ1n) is 14.0. The first-order valence-corrected chi connectivity index (χ1v) is 14.8. The minimum atomic E-state index is -0.900. The number of carbonyl (C=O) groups is 2.